The molecule has 0 bridgehead atoms. The first-order valence-corrected chi connectivity index (χ1v) is 10.7. The maximum absolute atomic E-state index is 12.6. The summed E-state index contributed by atoms with van der Waals surface area (Å²) in [4.78, 5) is 23.2. The molecule has 4 heterocycles. The fraction of sp³-hybridized carbons (Fsp3) is 0.273. The number of fused-ring (bicyclic) bond motifs is 3. The number of hydrogen-bond donors (Lipinski definition) is 0. The summed E-state index contributed by atoms with van der Waals surface area (Å²) in [6.45, 7) is 4.74. The highest BCUT2D eigenvalue weighted by Gasteiger charge is 2.24. The minimum Gasteiger partial charge on any atom is -0.493 e. The highest BCUT2D eigenvalue weighted by Crippen LogP contribution is 2.41. The molecule has 0 atom stereocenters. The fourth-order valence-corrected chi connectivity index (χ4v) is 4.73. The molecule has 0 saturated heterocycles. The molecule has 7 nitrogen and oxygen atoms in total. The van der Waals surface area contributed by atoms with Gasteiger partial charge in [0.1, 0.15) is 12.1 Å². The maximum atomic E-state index is 12.6. The molecule has 0 N–H and O–H groups in total. The summed E-state index contributed by atoms with van der Waals surface area (Å²) in [6, 6.07) is 9.80. The van der Waals surface area contributed by atoms with Gasteiger partial charge in [-0.3, -0.25) is 4.79 Å². The normalized spacial score (nSPS) is 12.9. The van der Waals surface area contributed by atoms with Crippen molar-refractivity contribution in [1.82, 2.24) is 24.3 Å². The fourth-order valence-electron chi connectivity index (χ4n) is 3.69. The molecule has 4 aromatic rings. The Balaban J connectivity index is 1.66. The predicted octanol–water partition coefficient (Wildman–Crippen LogP) is 3.95. The summed E-state index contributed by atoms with van der Waals surface area (Å²) in [7, 11) is 1.76. The molecule has 1 aliphatic heterocycles. The van der Waals surface area contributed by atoms with E-state index in [0.29, 0.717) is 12.2 Å². The molecule has 0 unspecified atom stereocenters. The van der Waals surface area contributed by atoms with Crippen LogP contribution in [-0.4, -0.2) is 30.9 Å². The van der Waals surface area contributed by atoms with Crippen LogP contribution in [-0.2, 0) is 13.5 Å². The lowest BCUT2D eigenvalue weighted by Gasteiger charge is -2.10. The second kappa shape index (κ2) is 7.21. The van der Waals surface area contributed by atoms with E-state index in [1.54, 1.807) is 35.5 Å². The zero-order chi connectivity index (χ0) is 20.8. The summed E-state index contributed by atoms with van der Waals surface area (Å²) >= 11 is 1.63. The highest BCUT2D eigenvalue weighted by molar-refractivity contribution is 7.15. The lowest BCUT2D eigenvalue weighted by atomic mass is 10.0. The van der Waals surface area contributed by atoms with Crippen LogP contribution >= 0.6 is 11.3 Å². The van der Waals surface area contributed by atoms with Crippen molar-refractivity contribution in [1.29, 1.82) is 0 Å². The summed E-state index contributed by atoms with van der Waals surface area (Å²) in [6.07, 6.45) is 4.11. The Morgan fingerprint density at radius 1 is 1.20 bits per heavy atom. The van der Waals surface area contributed by atoms with Crippen molar-refractivity contribution in [2.75, 3.05) is 6.61 Å². The SMILES string of the molecule is CC(C)n1ncnc1-c1nc2c(s1)CCOc1ccc(-c3cccn(C)c3=O)cc1-2. The molecule has 8 heteroatoms. The number of pyridine rings is 1. The topological polar surface area (TPSA) is 74.8 Å². The number of aromatic nitrogens is 5. The van der Waals surface area contributed by atoms with Gasteiger partial charge in [-0.25, -0.2) is 14.6 Å². The molecule has 0 spiro atoms. The van der Waals surface area contributed by atoms with E-state index in [1.807, 2.05) is 35.0 Å². The summed E-state index contributed by atoms with van der Waals surface area (Å²) in [5.41, 5.74) is 3.28. The Bertz CT molecular complexity index is 1300. The third kappa shape index (κ3) is 3.04. The second-order valence-corrected chi connectivity index (χ2v) is 8.64. The first-order valence-electron chi connectivity index (χ1n) is 9.85. The molecule has 5 rings (SSSR count). The number of nitrogens with zero attached hydrogens (tertiary/aromatic N) is 5. The Hall–Kier alpha value is -3.26. The van der Waals surface area contributed by atoms with Gasteiger partial charge in [-0.2, -0.15) is 5.10 Å². The Morgan fingerprint density at radius 3 is 2.90 bits per heavy atom. The highest BCUT2D eigenvalue weighted by atomic mass is 32.1. The number of aryl methyl sites for hydroxylation is 1. The smallest absolute Gasteiger partial charge is 0.258 e. The molecule has 1 aromatic carbocycles. The first-order chi connectivity index (χ1) is 14.5. The second-order valence-electron chi connectivity index (χ2n) is 7.56. The third-order valence-electron chi connectivity index (χ3n) is 5.21. The van der Waals surface area contributed by atoms with Crippen molar-refractivity contribution < 1.29 is 4.74 Å². The van der Waals surface area contributed by atoms with Gasteiger partial charge < -0.3 is 9.30 Å². The van der Waals surface area contributed by atoms with Gasteiger partial charge in [-0.1, -0.05) is 6.07 Å². The van der Waals surface area contributed by atoms with Crippen molar-refractivity contribution >= 4 is 11.3 Å². The minimum atomic E-state index is -0.0313. The quantitative estimate of drug-likeness (QED) is 0.503. The standard InChI is InChI=1S/C22H21N5O2S/c1-13(2)27-20(23-12-24-27)21-25-19-16-11-14(15-5-4-9-26(3)22(15)28)6-7-17(16)29-10-8-18(19)30-21/h4-7,9,11-13H,8,10H2,1-3H3. The van der Waals surface area contributed by atoms with E-state index in [1.165, 1.54) is 0 Å². The maximum Gasteiger partial charge on any atom is 0.258 e. The van der Waals surface area contributed by atoms with E-state index in [2.05, 4.69) is 23.9 Å². The Kier molecular flexibility index (Phi) is 4.51. The Morgan fingerprint density at radius 2 is 2.07 bits per heavy atom. The van der Waals surface area contributed by atoms with Gasteiger partial charge in [-0.15, -0.1) is 11.3 Å². The van der Waals surface area contributed by atoms with E-state index >= 15 is 0 Å². The van der Waals surface area contributed by atoms with Crippen molar-refractivity contribution in [2.45, 2.75) is 26.3 Å². The third-order valence-corrected chi connectivity index (χ3v) is 6.32. The van der Waals surface area contributed by atoms with Crippen LogP contribution in [0.4, 0.5) is 0 Å². The van der Waals surface area contributed by atoms with Crippen LogP contribution in [0, 0.1) is 0 Å². The van der Waals surface area contributed by atoms with Gasteiger partial charge in [0, 0.05) is 41.7 Å². The van der Waals surface area contributed by atoms with Crippen LogP contribution in [0.5, 0.6) is 5.75 Å². The van der Waals surface area contributed by atoms with Gasteiger partial charge in [0.25, 0.3) is 5.56 Å². The largest absolute Gasteiger partial charge is 0.493 e. The molecule has 0 fully saturated rings. The average Bonchev–Trinajstić information content (AvgIpc) is 3.34. The summed E-state index contributed by atoms with van der Waals surface area (Å²) < 4.78 is 9.45. The van der Waals surface area contributed by atoms with E-state index in [-0.39, 0.29) is 11.6 Å². The van der Waals surface area contributed by atoms with Crippen molar-refractivity contribution in [3.05, 3.63) is 58.1 Å². The van der Waals surface area contributed by atoms with Crippen LogP contribution in [0.25, 0.3) is 33.2 Å². The molecular weight excluding hydrogens is 398 g/mol. The molecule has 0 radical (unpaired) electrons. The van der Waals surface area contributed by atoms with Crippen LogP contribution in [0.15, 0.2) is 47.7 Å². The van der Waals surface area contributed by atoms with E-state index in [9.17, 15) is 4.79 Å². The van der Waals surface area contributed by atoms with E-state index in [0.717, 1.165) is 44.7 Å². The van der Waals surface area contributed by atoms with E-state index < -0.39 is 0 Å². The van der Waals surface area contributed by atoms with Crippen molar-refractivity contribution in [2.24, 2.45) is 7.05 Å². The van der Waals surface area contributed by atoms with Gasteiger partial charge in [0.2, 0.25) is 0 Å². The number of rotatable bonds is 3. The van der Waals surface area contributed by atoms with Gasteiger partial charge in [0.05, 0.1) is 12.3 Å². The number of benzene rings is 1. The lowest BCUT2D eigenvalue weighted by molar-refractivity contribution is 0.327. The monoisotopic (exact) mass is 419 g/mol. The Labute approximate surface area is 177 Å². The van der Waals surface area contributed by atoms with Gasteiger partial charge >= 0.3 is 0 Å². The van der Waals surface area contributed by atoms with Crippen LogP contribution in [0.2, 0.25) is 0 Å². The number of hydrogen-bond acceptors (Lipinski definition) is 6. The summed E-state index contributed by atoms with van der Waals surface area (Å²) in [5, 5.41) is 5.19. The van der Waals surface area contributed by atoms with E-state index in [4.69, 9.17) is 9.72 Å². The minimum absolute atomic E-state index is 0.0313. The van der Waals surface area contributed by atoms with Crippen LogP contribution in [0.1, 0.15) is 24.8 Å². The lowest BCUT2D eigenvalue weighted by Crippen LogP contribution is -2.17. The zero-order valence-corrected chi connectivity index (χ0v) is 17.8. The first kappa shape index (κ1) is 18.7. The number of thiazole rings is 1. The molecule has 30 heavy (non-hydrogen) atoms. The average molecular weight is 420 g/mol. The molecule has 1 aliphatic rings. The summed E-state index contributed by atoms with van der Waals surface area (Å²) in [5.74, 6) is 1.56. The van der Waals surface area contributed by atoms with Gasteiger partial charge in [0.15, 0.2) is 10.8 Å². The molecule has 152 valence electrons. The zero-order valence-electron chi connectivity index (χ0n) is 17.0. The van der Waals surface area contributed by atoms with Crippen molar-refractivity contribution in [3.63, 3.8) is 0 Å². The van der Waals surface area contributed by atoms with Crippen molar-refractivity contribution in [3.8, 4) is 39.0 Å². The predicted molar refractivity (Wildman–Crippen MR) is 117 cm³/mol. The molecule has 0 saturated carbocycles. The number of ether oxygens (including phenoxy) is 1. The molecular formula is C22H21N5O2S. The molecule has 3 aromatic heterocycles. The molecule has 0 amide bonds. The van der Waals surface area contributed by atoms with Gasteiger partial charge in [-0.05, 0) is 43.7 Å². The molecule has 0 aliphatic carbocycles. The van der Waals surface area contributed by atoms with Crippen LogP contribution in [0.3, 0.4) is 0 Å². The van der Waals surface area contributed by atoms with Crippen LogP contribution < -0.4 is 10.3 Å².